The average molecular weight is 327 g/mol. The van der Waals surface area contributed by atoms with E-state index in [1.807, 2.05) is 0 Å². The van der Waals surface area contributed by atoms with Crippen LogP contribution >= 0.6 is 0 Å². The van der Waals surface area contributed by atoms with Gasteiger partial charge in [-0.3, -0.25) is 14.7 Å². The van der Waals surface area contributed by atoms with E-state index in [1.54, 1.807) is 0 Å². The number of anilines is 2. The first-order chi connectivity index (χ1) is 11.4. The van der Waals surface area contributed by atoms with Crippen molar-refractivity contribution in [1.29, 1.82) is 0 Å². The van der Waals surface area contributed by atoms with Crippen LogP contribution in [0.3, 0.4) is 0 Å². The van der Waals surface area contributed by atoms with E-state index in [9.17, 15) is 4.79 Å². The maximum atomic E-state index is 12.1. The van der Waals surface area contributed by atoms with E-state index in [-0.39, 0.29) is 17.5 Å². The summed E-state index contributed by atoms with van der Waals surface area (Å²) < 4.78 is 0. The Balaban J connectivity index is 1.70. The maximum Gasteiger partial charge on any atom is 0.257 e. The van der Waals surface area contributed by atoms with Crippen molar-refractivity contribution in [3.63, 3.8) is 0 Å². The highest BCUT2D eigenvalue weighted by Crippen LogP contribution is 2.21. The van der Waals surface area contributed by atoms with Crippen LogP contribution in [0, 0.1) is 0 Å². The van der Waals surface area contributed by atoms with Crippen molar-refractivity contribution in [1.82, 2.24) is 14.9 Å². The van der Waals surface area contributed by atoms with Crippen LogP contribution in [0.1, 0.15) is 36.5 Å². The third-order valence-corrected chi connectivity index (χ3v) is 4.68. The predicted molar refractivity (Wildman–Crippen MR) is 97.2 cm³/mol. The molecule has 1 aliphatic heterocycles. The zero-order valence-electron chi connectivity index (χ0n) is 14.5. The van der Waals surface area contributed by atoms with Gasteiger partial charge in [-0.2, -0.15) is 4.98 Å². The molecule has 24 heavy (non-hydrogen) atoms. The van der Waals surface area contributed by atoms with Crippen LogP contribution in [0.15, 0.2) is 29.1 Å². The summed E-state index contributed by atoms with van der Waals surface area (Å²) >= 11 is 0. The van der Waals surface area contributed by atoms with Crippen LogP contribution in [-0.4, -0.2) is 34.5 Å². The number of hydrogen-bond donors (Lipinski definition) is 3. The van der Waals surface area contributed by atoms with Crippen molar-refractivity contribution in [3.8, 4) is 0 Å². The quantitative estimate of drug-likeness (QED) is 0.799. The van der Waals surface area contributed by atoms with Crippen LogP contribution < -0.4 is 16.6 Å². The predicted octanol–water partition coefficient (Wildman–Crippen LogP) is 1.94. The average Bonchev–Trinajstić information content (AvgIpc) is 2.55. The van der Waals surface area contributed by atoms with Gasteiger partial charge in [0.2, 0.25) is 5.95 Å². The highest BCUT2D eigenvalue weighted by molar-refractivity contribution is 5.48. The van der Waals surface area contributed by atoms with Crippen LogP contribution in [-0.2, 0) is 13.0 Å². The molecule has 0 saturated carbocycles. The Labute approximate surface area is 142 Å². The second kappa shape index (κ2) is 6.65. The second-order valence-corrected chi connectivity index (χ2v) is 6.83. The van der Waals surface area contributed by atoms with Gasteiger partial charge in [-0.25, -0.2) is 0 Å². The minimum Gasteiger partial charge on any atom is -0.369 e. The molecule has 0 spiro atoms. The standard InChI is InChI=1S/C18H25N5O/c1-11(2)13-6-4-12(5-7-13)10-23(3)14-8-15-16(20-9-14)21-18(19)22-17(15)24/h4-7,11,14H,8-10H2,1-3H3,(H4,19,20,21,22,24). The van der Waals surface area contributed by atoms with Crippen LogP contribution in [0.4, 0.5) is 11.8 Å². The van der Waals surface area contributed by atoms with E-state index < -0.39 is 0 Å². The molecule has 128 valence electrons. The molecular weight excluding hydrogens is 302 g/mol. The molecule has 4 N–H and O–H groups in total. The topological polar surface area (TPSA) is 87.0 Å². The molecular formula is C18H25N5O. The molecule has 6 nitrogen and oxygen atoms in total. The van der Waals surface area contributed by atoms with Crippen LogP contribution in [0.2, 0.25) is 0 Å². The molecule has 1 atom stereocenters. The van der Waals surface area contributed by atoms with E-state index in [1.165, 1.54) is 11.1 Å². The molecule has 2 heterocycles. The van der Waals surface area contributed by atoms with Gasteiger partial charge >= 0.3 is 0 Å². The summed E-state index contributed by atoms with van der Waals surface area (Å²) in [5.74, 6) is 1.31. The van der Waals surface area contributed by atoms with Crippen LogP contribution in [0.25, 0.3) is 0 Å². The third-order valence-electron chi connectivity index (χ3n) is 4.68. The maximum absolute atomic E-state index is 12.1. The summed E-state index contributed by atoms with van der Waals surface area (Å²) in [4.78, 5) is 21.1. The van der Waals surface area contributed by atoms with Crippen molar-refractivity contribution in [3.05, 3.63) is 51.3 Å². The first kappa shape index (κ1) is 16.5. The summed E-state index contributed by atoms with van der Waals surface area (Å²) in [5, 5.41) is 3.23. The SMILES string of the molecule is CC(C)c1ccc(CN(C)C2CNc3nc(N)[nH]c(=O)c3C2)cc1. The van der Waals surface area contributed by atoms with E-state index >= 15 is 0 Å². The third kappa shape index (κ3) is 3.43. The molecule has 3 rings (SSSR count). The molecule has 0 aliphatic carbocycles. The van der Waals surface area contributed by atoms with Gasteiger partial charge in [0.1, 0.15) is 5.82 Å². The molecule has 0 fully saturated rings. The van der Waals surface area contributed by atoms with Crippen molar-refractivity contribution >= 4 is 11.8 Å². The Morgan fingerprint density at radius 3 is 2.71 bits per heavy atom. The summed E-state index contributed by atoms with van der Waals surface area (Å²) in [7, 11) is 2.09. The number of nitrogens with zero attached hydrogens (tertiary/aromatic N) is 2. The smallest absolute Gasteiger partial charge is 0.257 e. The number of H-pyrrole nitrogens is 1. The lowest BCUT2D eigenvalue weighted by Gasteiger charge is -2.32. The summed E-state index contributed by atoms with van der Waals surface area (Å²) in [6, 6.07) is 9.00. The molecule has 0 amide bonds. The zero-order valence-corrected chi connectivity index (χ0v) is 14.5. The molecule has 1 aliphatic rings. The number of hydrogen-bond acceptors (Lipinski definition) is 5. The Bertz CT molecular complexity index is 766. The van der Waals surface area contributed by atoms with Gasteiger partial charge in [0.25, 0.3) is 5.56 Å². The number of nitrogen functional groups attached to an aromatic ring is 1. The van der Waals surface area contributed by atoms with Crippen molar-refractivity contribution in [2.75, 3.05) is 24.6 Å². The van der Waals surface area contributed by atoms with Gasteiger partial charge in [-0.15, -0.1) is 0 Å². The molecule has 1 aromatic heterocycles. The first-order valence-corrected chi connectivity index (χ1v) is 8.35. The zero-order chi connectivity index (χ0) is 17.3. The number of rotatable bonds is 4. The van der Waals surface area contributed by atoms with Gasteiger partial charge in [-0.05, 0) is 30.5 Å². The summed E-state index contributed by atoms with van der Waals surface area (Å²) in [6.45, 7) is 6.00. The number of benzene rings is 1. The number of nitrogens with one attached hydrogen (secondary N) is 2. The lowest BCUT2D eigenvalue weighted by Crippen LogP contribution is -2.43. The fourth-order valence-corrected chi connectivity index (χ4v) is 3.11. The molecule has 0 radical (unpaired) electrons. The van der Waals surface area contributed by atoms with Gasteiger partial charge in [0.05, 0.1) is 5.56 Å². The minimum atomic E-state index is -0.149. The lowest BCUT2D eigenvalue weighted by molar-refractivity contribution is 0.237. The highest BCUT2D eigenvalue weighted by Gasteiger charge is 2.25. The summed E-state index contributed by atoms with van der Waals surface area (Å²) in [5.41, 5.74) is 8.76. The Morgan fingerprint density at radius 2 is 2.04 bits per heavy atom. The molecule has 1 aromatic carbocycles. The van der Waals surface area contributed by atoms with E-state index in [2.05, 4.69) is 65.3 Å². The highest BCUT2D eigenvalue weighted by atomic mass is 16.1. The molecule has 6 heteroatoms. The van der Waals surface area contributed by atoms with Crippen molar-refractivity contribution < 1.29 is 0 Å². The number of aromatic nitrogens is 2. The van der Waals surface area contributed by atoms with Gasteiger partial charge in [-0.1, -0.05) is 38.1 Å². The summed E-state index contributed by atoms with van der Waals surface area (Å²) in [6.07, 6.45) is 0.672. The number of likely N-dealkylation sites (N-methyl/N-ethyl adjacent to an activating group) is 1. The normalized spacial score (nSPS) is 17.0. The molecule has 1 unspecified atom stereocenters. The fraction of sp³-hybridized carbons (Fsp3) is 0.444. The molecule has 0 saturated heterocycles. The lowest BCUT2D eigenvalue weighted by atomic mass is 10.00. The van der Waals surface area contributed by atoms with Gasteiger partial charge in [0.15, 0.2) is 0 Å². The Morgan fingerprint density at radius 1 is 1.33 bits per heavy atom. The number of nitrogens with two attached hydrogens (primary N) is 1. The Hall–Kier alpha value is -2.34. The Kier molecular flexibility index (Phi) is 4.57. The molecule has 0 bridgehead atoms. The number of aromatic amines is 1. The van der Waals surface area contributed by atoms with Gasteiger partial charge in [0, 0.05) is 19.1 Å². The van der Waals surface area contributed by atoms with E-state index in [4.69, 9.17) is 5.73 Å². The van der Waals surface area contributed by atoms with Crippen molar-refractivity contribution in [2.45, 2.75) is 38.8 Å². The van der Waals surface area contributed by atoms with E-state index in [0.717, 1.165) is 13.1 Å². The first-order valence-electron chi connectivity index (χ1n) is 8.35. The fourth-order valence-electron chi connectivity index (χ4n) is 3.11. The van der Waals surface area contributed by atoms with Gasteiger partial charge < -0.3 is 11.1 Å². The van der Waals surface area contributed by atoms with Crippen LogP contribution in [0.5, 0.6) is 0 Å². The second-order valence-electron chi connectivity index (χ2n) is 6.83. The van der Waals surface area contributed by atoms with E-state index in [0.29, 0.717) is 23.7 Å². The monoisotopic (exact) mass is 327 g/mol. The van der Waals surface area contributed by atoms with Crippen molar-refractivity contribution in [2.24, 2.45) is 0 Å². The molecule has 2 aromatic rings. The largest absolute Gasteiger partial charge is 0.369 e. The minimum absolute atomic E-state index is 0.149. The number of fused-ring (bicyclic) bond motifs is 1.